The van der Waals surface area contributed by atoms with Crippen LogP contribution < -0.4 is 0 Å². The Morgan fingerprint density at radius 1 is 0.397 bits per heavy atom. The van der Waals surface area contributed by atoms with Crippen LogP contribution in [0.5, 0.6) is 86.2 Å². The van der Waals surface area contributed by atoms with Crippen LogP contribution >= 0.6 is 0 Å². The van der Waals surface area contributed by atoms with Gasteiger partial charge in [0.2, 0.25) is 28.7 Å². The van der Waals surface area contributed by atoms with Crippen LogP contribution in [0.15, 0.2) is 18.2 Å². The van der Waals surface area contributed by atoms with Gasteiger partial charge in [0.05, 0.1) is 22.3 Å². The lowest BCUT2D eigenvalue weighted by Crippen LogP contribution is -2.60. The second-order valence-electron chi connectivity index (χ2n) is 15.6. The van der Waals surface area contributed by atoms with Crippen LogP contribution in [0.1, 0.15) is 64.3 Å². The lowest BCUT2D eigenvalue weighted by atomic mass is 9.75. The van der Waals surface area contributed by atoms with Crippen LogP contribution in [-0.2, 0) is 29.3 Å². The number of hydrogen-bond donors (Lipinski definition) is 16. The predicted molar refractivity (Wildman–Crippen MR) is 211 cm³/mol. The van der Waals surface area contributed by atoms with E-state index in [2.05, 4.69) is 0 Å². The minimum absolute atomic E-state index is 0.319. The second-order valence-corrected chi connectivity index (χ2v) is 15.6. The summed E-state index contributed by atoms with van der Waals surface area (Å²) in [6, 6.07) is 1.19. The van der Waals surface area contributed by atoms with Crippen molar-refractivity contribution in [3.63, 3.8) is 0 Å². The second kappa shape index (κ2) is 14.2. The van der Waals surface area contributed by atoms with E-state index in [-0.39, 0.29) is 0 Å². The Balaban J connectivity index is 1.44. The number of phenolic OH excluding ortho intramolecular Hbond substituents is 15. The molecule has 26 heteroatoms. The van der Waals surface area contributed by atoms with Gasteiger partial charge in [-0.25, -0.2) is 24.0 Å². The maximum absolute atomic E-state index is 15.1. The molecule has 0 saturated heterocycles. The summed E-state index contributed by atoms with van der Waals surface area (Å²) in [5.74, 6) is -32.3. The number of rotatable bonds is 0. The maximum Gasteiger partial charge on any atom is 0.342 e. The number of cyclic esters (lactones) is 1. The van der Waals surface area contributed by atoms with Gasteiger partial charge in [-0.1, -0.05) is 0 Å². The van der Waals surface area contributed by atoms with Gasteiger partial charge in [0, 0.05) is 38.9 Å². The zero-order chi connectivity index (χ0) is 49.6. The van der Waals surface area contributed by atoms with Gasteiger partial charge in [-0.2, -0.15) is 0 Å². The van der Waals surface area contributed by atoms with Crippen LogP contribution in [0.25, 0.3) is 33.4 Å². The summed E-state index contributed by atoms with van der Waals surface area (Å²) in [6.45, 7) is -0.821. The Morgan fingerprint density at radius 2 is 0.838 bits per heavy atom. The van der Waals surface area contributed by atoms with Crippen LogP contribution in [0.4, 0.5) is 0 Å². The van der Waals surface area contributed by atoms with E-state index in [1.54, 1.807) is 0 Å². The molecule has 26 nitrogen and oxygen atoms in total. The minimum atomic E-state index is -3.14. The number of phenols is 15. The molecular formula is C42H28O26. The van der Waals surface area contributed by atoms with Crippen molar-refractivity contribution in [2.24, 2.45) is 0 Å². The van der Waals surface area contributed by atoms with Crippen molar-refractivity contribution in [2.45, 2.75) is 36.9 Å². The number of carbonyl (C=O) groups excluding carboxylic acids is 5. The molecule has 5 aromatic carbocycles. The molecule has 0 aromatic heterocycles. The van der Waals surface area contributed by atoms with Crippen molar-refractivity contribution >= 4 is 29.8 Å². The third-order valence-electron chi connectivity index (χ3n) is 11.8. The van der Waals surface area contributed by atoms with Gasteiger partial charge in [-0.3, -0.25) is 0 Å². The van der Waals surface area contributed by atoms with Crippen molar-refractivity contribution in [1.82, 2.24) is 0 Å². The number of benzene rings is 5. The molecule has 5 aliphatic rings. The molecule has 8 bridgehead atoms. The fraction of sp³-hybridized carbons (Fsp3) is 0.167. The summed E-state index contributed by atoms with van der Waals surface area (Å²) in [5.41, 5.74) is -17.8. The SMILES string of the molecule is C[C@]1(O)c2c(O)c(O)c(O)c3c2C(=O)O[C@@H]1[C@H]1OC(=O)c2c(c(O)c(O)c(O)c2-3)-c2c(cc(O)c(O)c2O)C(=O)O[C@@H]2COC(=O)c3cc(O)c(O)c(O)c3-c3cc(c(O)c(O)c3O)C(=O)O[C@@H]12. The van der Waals surface area contributed by atoms with Gasteiger partial charge in [0.25, 0.3) is 0 Å². The smallest absolute Gasteiger partial charge is 0.342 e. The van der Waals surface area contributed by atoms with E-state index in [4.69, 9.17) is 23.7 Å². The maximum atomic E-state index is 15.1. The van der Waals surface area contributed by atoms with Crippen LogP contribution in [-0.4, -0.2) is 143 Å². The lowest BCUT2D eigenvalue weighted by Gasteiger charge is -2.45. The standard InChI is InChI=1S/C42H28O26/c1-42(63)20-19-17(29(53)33(57)30(20)54)16-18-15(27(51)32(56)28(16)52)14-8(4-11(44)24(48)26(14)50)38(59)65-12-5-64-37(58)7-3-10(43)23(47)25(49)13(7)6-2-9(22(46)31(55)21(6)45)39(60)66-34(12)35(67-40(18)61)36(42)68-41(19)62/h2-4,12,34-36,43-57,63H,5H2,1H3/t12-,34-,35+,36-,42+/m1/s1. The Bertz CT molecular complexity index is 3240. The van der Waals surface area contributed by atoms with Gasteiger partial charge >= 0.3 is 29.8 Å². The number of esters is 5. The van der Waals surface area contributed by atoms with Crippen molar-refractivity contribution in [3.8, 4) is 120 Å². The molecule has 10 rings (SSSR count). The summed E-state index contributed by atoms with van der Waals surface area (Å²) < 4.78 is 28.0. The van der Waals surface area contributed by atoms with Crippen molar-refractivity contribution in [3.05, 3.63) is 51.6 Å². The first-order valence-electron chi connectivity index (χ1n) is 19.0. The van der Waals surface area contributed by atoms with E-state index >= 15 is 4.79 Å². The van der Waals surface area contributed by atoms with E-state index in [1.165, 1.54) is 0 Å². The summed E-state index contributed by atoms with van der Waals surface area (Å²) in [4.78, 5) is 72.5. The molecule has 5 heterocycles. The van der Waals surface area contributed by atoms with Crippen molar-refractivity contribution < 1.29 is 129 Å². The summed E-state index contributed by atoms with van der Waals surface area (Å²) in [7, 11) is 0. The fourth-order valence-corrected chi connectivity index (χ4v) is 8.66. The molecule has 0 aliphatic carbocycles. The molecule has 0 unspecified atom stereocenters. The molecule has 0 amide bonds. The Labute approximate surface area is 373 Å². The van der Waals surface area contributed by atoms with Gasteiger partial charge < -0.3 is 105 Å². The van der Waals surface area contributed by atoms with Crippen LogP contribution in [0.2, 0.25) is 0 Å². The lowest BCUT2D eigenvalue weighted by molar-refractivity contribution is -0.181. The minimum Gasteiger partial charge on any atom is -0.504 e. The Kier molecular flexibility index (Phi) is 9.12. The number of ether oxygens (including phenoxy) is 5. The third-order valence-corrected chi connectivity index (χ3v) is 11.8. The molecule has 16 N–H and O–H groups in total. The number of carbonyl (C=O) groups is 5. The van der Waals surface area contributed by atoms with Crippen molar-refractivity contribution in [2.75, 3.05) is 6.61 Å². The zero-order valence-corrected chi connectivity index (χ0v) is 33.5. The first kappa shape index (κ1) is 43.7. The van der Waals surface area contributed by atoms with Gasteiger partial charge in [0.15, 0.2) is 81.9 Å². The third kappa shape index (κ3) is 5.63. The number of fused-ring (bicyclic) bond motifs is 8. The molecule has 5 aromatic rings. The molecular weight excluding hydrogens is 920 g/mol. The van der Waals surface area contributed by atoms with Crippen molar-refractivity contribution in [1.29, 1.82) is 0 Å². The quantitative estimate of drug-likeness (QED) is 0.0594. The van der Waals surface area contributed by atoms with Crippen LogP contribution in [0.3, 0.4) is 0 Å². The topological polar surface area (TPSA) is 455 Å². The summed E-state index contributed by atoms with van der Waals surface area (Å²) >= 11 is 0. The molecule has 352 valence electrons. The Hall–Kier alpha value is -9.59. The molecule has 0 saturated carbocycles. The Morgan fingerprint density at radius 3 is 1.44 bits per heavy atom. The largest absolute Gasteiger partial charge is 0.504 e. The molecule has 0 radical (unpaired) electrons. The van der Waals surface area contributed by atoms with E-state index in [9.17, 15) is 101 Å². The highest BCUT2D eigenvalue weighted by atomic mass is 16.6. The molecule has 0 spiro atoms. The number of aliphatic hydroxyl groups is 1. The van der Waals surface area contributed by atoms with E-state index in [1.807, 2.05) is 0 Å². The first-order chi connectivity index (χ1) is 31.8. The first-order valence-corrected chi connectivity index (χ1v) is 19.0. The summed E-state index contributed by atoms with van der Waals surface area (Å²) in [6.07, 6.45) is -10.9. The molecule has 5 atom stereocenters. The van der Waals surface area contributed by atoms with Gasteiger partial charge in [0.1, 0.15) is 17.8 Å². The normalized spacial score (nSPS) is 21.5. The van der Waals surface area contributed by atoms with Crippen LogP contribution in [0, 0.1) is 0 Å². The highest BCUT2D eigenvalue weighted by molar-refractivity contribution is 6.16. The molecule has 68 heavy (non-hydrogen) atoms. The van der Waals surface area contributed by atoms with Gasteiger partial charge in [-0.05, 0) is 25.1 Å². The monoisotopic (exact) mass is 948 g/mol. The number of hydrogen-bond acceptors (Lipinski definition) is 26. The molecule has 0 fully saturated rings. The fourth-order valence-electron chi connectivity index (χ4n) is 8.66. The highest BCUT2D eigenvalue weighted by Gasteiger charge is 2.59. The van der Waals surface area contributed by atoms with E-state index < -0.39 is 219 Å². The van der Waals surface area contributed by atoms with E-state index in [0.717, 1.165) is 0 Å². The predicted octanol–water partition coefficient (Wildman–Crippen LogP) is 1.49. The zero-order valence-electron chi connectivity index (χ0n) is 33.5. The average Bonchev–Trinajstić information content (AvgIpc) is 3.29. The van der Waals surface area contributed by atoms with E-state index in [0.29, 0.717) is 25.1 Å². The summed E-state index contributed by atoms with van der Waals surface area (Å²) in [5, 5.41) is 178. The van der Waals surface area contributed by atoms with Gasteiger partial charge in [-0.15, -0.1) is 0 Å². The molecule has 5 aliphatic heterocycles. The number of aromatic hydroxyl groups is 15. The highest BCUT2D eigenvalue weighted by Crippen LogP contribution is 2.62. The average molecular weight is 949 g/mol.